The molecule has 0 rings (SSSR count). The molecule has 0 aromatic heterocycles. The van der Waals surface area contributed by atoms with Crippen molar-refractivity contribution in [3.63, 3.8) is 0 Å². The molecule has 0 bridgehead atoms. The van der Waals surface area contributed by atoms with E-state index >= 15 is 0 Å². The van der Waals surface area contributed by atoms with E-state index in [0.29, 0.717) is 0 Å². The summed E-state index contributed by atoms with van der Waals surface area (Å²) in [6, 6.07) is 0. The van der Waals surface area contributed by atoms with E-state index in [-0.39, 0.29) is 5.97 Å². The monoisotopic (exact) mass is 170 g/mol. The van der Waals surface area contributed by atoms with E-state index in [4.69, 9.17) is 0 Å². The lowest BCUT2D eigenvalue weighted by molar-refractivity contribution is -0.134. The lowest BCUT2D eigenvalue weighted by atomic mass is 10.6. The molecule has 0 aromatic rings. The van der Waals surface area contributed by atoms with Crippen LogP contribution in [-0.2, 0) is 9.53 Å². The van der Waals surface area contributed by atoms with Gasteiger partial charge < -0.3 is 4.74 Å². The van der Waals surface area contributed by atoms with Crippen LogP contribution < -0.4 is 0 Å². The second-order valence-electron chi connectivity index (χ2n) is 1.97. The molecule has 0 fully saturated rings. The first-order valence-corrected chi connectivity index (χ1v) is 3.76. The summed E-state index contributed by atoms with van der Waals surface area (Å²) in [4.78, 5) is 10.6. The van der Waals surface area contributed by atoms with E-state index in [1.54, 1.807) is 17.4 Å². The zero-order valence-electron chi connectivity index (χ0n) is 7.65. The first-order valence-electron chi connectivity index (χ1n) is 3.76. The standard InChI is InChI=1S/C8H14N2O2/c1-4-9-10(5-2)7-6-8(11)12-3/h4,6-7H,5H2,1-3H3. The molecule has 4 nitrogen and oxygen atoms in total. The summed E-state index contributed by atoms with van der Waals surface area (Å²) >= 11 is 0. The number of nitrogens with zero attached hydrogens (tertiary/aromatic N) is 2. The average molecular weight is 170 g/mol. The SMILES string of the molecule is CC=NN(C=CC(=O)OC)CC. The maximum Gasteiger partial charge on any atom is 0.332 e. The number of methoxy groups -OCH3 is 1. The summed E-state index contributed by atoms with van der Waals surface area (Å²) in [6.07, 6.45) is 4.56. The fourth-order valence-electron chi connectivity index (χ4n) is 0.589. The lowest BCUT2D eigenvalue weighted by Gasteiger charge is -2.09. The van der Waals surface area contributed by atoms with Gasteiger partial charge in [-0.3, -0.25) is 5.01 Å². The Labute approximate surface area is 72.5 Å². The smallest absolute Gasteiger partial charge is 0.332 e. The molecule has 0 spiro atoms. The van der Waals surface area contributed by atoms with Crippen molar-refractivity contribution in [2.24, 2.45) is 5.10 Å². The van der Waals surface area contributed by atoms with Crippen molar-refractivity contribution in [1.29, 1.82) is 0 Å². The minimum atomic E-state index is -0.375. The molecule has 0 amide bonds. The molecule has 0 saturated heterocycles. The quantitative estimate of drug-likeness (QED) is 0.273. The van der Waals surface area contributed by atoms with Gasteiger partial charge >= 0.3 is 5.97 Å². The molecular formula is C8H14N2O2. The zero-order chi connectivity index (χ0) is 9.40. The van der Waals surface area contributed by atoms with Crippen molar-refractivity contribution in [2.45, 2.75) is 13.8 Å². The Bertz CT molecular complexity index is 187. The van der Waals surface area contributed by atoms with Gasteiger partial charge in [-0.2, -0.15) is 5.10 Å². The van der Waals surface area contributed by atoms with Crippen molar-refractivity contribution in [2.75, 3.05) is 13.7 Å². The molecule has 0 saturated carbocycles. The van der Waals surface area contributed by atoms with E-state index in [1.807, 2.05) is 13.8 Å². The second-order valence-corrected chi connectivity index (χ2v) is 1.97. The summed E-state index contributed by atoms with van der Waals surface area (Å²) in [6.45, 7) is 4.47. The number of esters is 1. The van der Waals surface area contributed by atoms with Gasteiger partial charge in [-0.15, -0.1) is 0 Å². The van der Waals surface area contributed by atoms with E-state index in [0.717, 1.165) is 6.54 Å². The van der Waals surface area contributed by atoms with Gasteiger partial charge in [-0.05, 0) is 13.8 Å². The molecule has 68 valence electrons. The molecule has 0 aliphatic heterocycles. The zero-order valence-corrected chi connectivity index (χ0v) is 7.65. The van der Waals surface area contributed by atoms with Crippen molar-refractivity contribution in [1.82, 2.24) is 5.01 Å². The molecule has 4 heteroatoms. The van der Waals surface area contributed by atoms with Crippen LogP contribution in [0.4, 0.5) is 0 Å². The molecule has 0 heterocycles. The number of carbonyl (C=O) groups is 1. The van der Waals surface area contributed by atoms with E-state index < -0.39 is 0 Å². The molecule has 0 radical (unpaired) electrons. The van der Waals surface area contributed by atoms with Crippen LogP contribution in [0, 0.1) is 0 Å². The maximum absolute atomic E-state index is 10.6. The fraction of sp³-hybridized carbons (Fsp3) is 0.500. The van der Waals surface area contributed by atoms with Crippen LogP contribution in [0.5, 0.6) is 0 Å². The molecule has 0 aromatic carbocycles. The Morgan fingerprint density at radius 2 is 2.33 bits per heavy atom. The third-order valence-corrected chi connectivity index (χ3v) is 1.17. The lowest BCUT2D eigenvalue weighted by Crippen LogP contribution is -2.09. The number of rotatable bonds is 4. The Morgan fingerprint density at radius 1 is 1.67 bits per heavy atom. The normalized spacial score (nSPS) is 10.9. The highest BCUT2D eigenvalue weighted by Crippen LogP contribution is 1.90. The van der Waals surface area contributed by atoms with E-state index in [1.165, 1.54) is 13.2 Å². The topological polar surface area (TPSA) is 41.9 Å². The number of ether oxygens (including phenoxy) is 1. The van der Waals surface area contributed by atoms with Crippen molar-refractivity contribution < 1.29 is 9.53 Å². The summed E-state index contributed by atoms with van der Waals surface area (Å²) in [5.74, 6) is -0.375. The number of hydrogen-bond donors (Lipinski definition) is 0. The molecule has 0 N–H and O–H groups in total. The molecule has 12 heavy (non-hydrogen) atoms. The van der Waals surface area contributed by atoms with Gasteiger partial charge in [-0.25, -0.2) is 4.79 Å². The molecule has 0 aliphatic carbocycles. The third-order valence-electron chi connectivity index (χ3n) is 1.17. The highest BCUT2D eigenvalue weighted by Gasteiger charge is 1.93. The number of hydrogen-bond acceptors (Lipinski definition) is 4. The molecule has 0 unspecified atom stereocenters. The summed E-state index contributed by atoms with van der Waals surface area (Å²) in [7, 11) is 1.34. The predicted molar refractivity (Wildman–Crippen MR) is 47.7 cm³/mol. The van der Waals surface area contributed by atoms with Gasteiger partial charge in [0.2, 0.25) is 0 Å². The third kappa shape index (κ3) is 4.49. The van der Waals surface area contributed by atoms with Crippen LogP contribution in [0.2, 0.25) is 0 Å². The minimum absolute atomic E-state index is 0.375. The Morgan fingerprint density at radius 3 is 2.75 bits per heavy atom. The average Bonchev–Trinajstić information content (AvgIpc) is 2.11. The van der Waals surface area contributed by atoms with Gasteiger partial charge in [0.05, 0.1) is 7.11 Å². The Hall–Kier alpha value is -1.32. The summed E-state index contributed by atoms with van der Waals surface area (Å²) < 4.78 is 4.42. The molecule has 0 aliphatic rings. The summed E-state index contributed by atoms with van der Waals surface area (Å²) in [5.41, 5.74) is 0. The minimum Gasteiger partial charge on any atom is -0.466 e. The van der Waals surface area contributed by atoms with Crippen LogP contribution >= 0.6 is 0 Å². The van der Waals surface area contributed by atoms with Gasteiger partial charge in [0.1, 0.15) is 0 Å². The van der Waals surface area contributed by atoms with E-state index in [2.05, 4.69) is 9.84 Å². The van der Waals surface area contributed by atoms with Crippen LogP contribution in [0.15, 0.2) is 17.4 Å². The first-order chi connectivity index (χ1) is 5.74. The predicted octanol–water partition coefficient (Wildman–Crippen LogP) is 1.00. The highest BCUT2D eigenvalue weighted by molar-refractivity contribution is 5.81. The highest BCUT2D eigenvalue weighted by atomic mass is 16.5. The van der Waals surface area contributed by atoms with Crippen molar-refractivity contribution >= 4 is 12.2 Å². The Kier molecular flexibility index (Phi) is 5.69. The van der Waals surface area contributed by atoms with Crippen LogP contribution in [-0.4, -0.2) is 30.8 Å². The van der Waals surface area contributed by atoms with Crippen LogP contribution in [0.1, 0.15) is 13.8 Å². The summed E-state index contributed by atoms with van der Waals surface area (Å²) in [5, 5.41) is 5.60. The number of hydrazone groups is 1. The van der Waals surface area contributed by atoms with E-state index in [9.17, 15) is 4.79 Å². The van der Waals surface area contributed by atoms with Gasteiger partial charge in [0.15, 0.2) is 0 Å². The Balaban J connectivity index is 4.00. The number of carbonyl (C=O) groups excluding carboxylic acids is 1. The maximum atomic E-state index is 10.6. The largest absolute Gasteiger partial charge is 0.466 e. The molecule has 0 atom stereocenters. The van der Waals surface area contributed by atoms with Gasteiger partial charge in [-0.1, -0.05) is 0 Å². The van der Waals surface area contributed by atoms with Crippen molar-refractivity contribution in [3.05, 3.63) is 12.3 Å². The second kappa shape index (κ2) is 6.39. The van der Waals surface area contributed by atoms with Crippen LogP contribution in [0.25, 0.3) is 0 Å². The van der Waals surface area contributed by atoms with Crippen LogP contribution in [0.3, 0.4) is 0 Å². The fourth-order valence-corrected chi connectivity index (χ4v) is 0.589. The first kappa shape index (κ1) is 10.7. The van der Waals surface area contributed by atoms with Gasteiger partial charge in [0.25, 0.3) is 0 Å². The molecular weight excluding hydrogens is 156 g/mol. The van der Waals surface area contributed by atoms with Crippen molar-refractivity contribution in [3.8, 4) is 0 Å². The van der Waals surface area contributed by atoms with Gasteiger partial charge in [0, 0.05) is 25.0 Å².